The second-order valence-electron chi connectivity index (χ2n) is 6.44. The first kappa shape index (κ1) is 14.3. The number of nitrogens with zero attached hydrogens (tertiary/aromatic N) is 1. The van der Waals surface area contributed by atoms with E-state index in [-0.39, 0.29) is 0 Å². The Balaban J connectivity index is 1.96. The van der Waals surface area contributed by atoms with Gasteiger partial charge in [-0.2, -0.15) is 0 Å². The molecule has 2 N–H and O–H groups in total. The second kappa shape index (κ2) is 6.36. The molecule has 2 aliphatic heterocycles. The standard InChI is InChI=1S/C15H30N2O/c1-13(2)17-11-6-8-15(18,9-12-17)14-7-4-3-5-10-16-14/h13-14,16,18H,3-12H2,1-2H3. The number of hydrogen-bond donors (Lipinski definition) is 2. The van der Waals surface area contributed by atoms with E-state index >= 15 is 0 Å². The van der Waals surface area contributed by atoms with Gasteiger partial charge in [-0.25, -0.2) is 0 Å². The lowest BCUT2D eigenvalue weighted by Crippen LogP contribution is -2.51. The molecule has 2 fully saturated rings. The van der Waals surface area contributed by atoms with Gasteiger partial charge in [0.05, 0.1) is 5.60 Å². The SMILES string of the molecule is CC(C)N1CCCC(O)(C2CCCCCN2)CC1. The first-order chi connectivity index (χ1) is 8.62. The largest absolute Gasteiger partial charge is 0.388 e. The van der Waals surface area contributed by atoms with Gasteiger partial charge in [-0.1, -0.05) is 12.8 Å². The van der Waals surface area contributed by atoms with Gasteiger partial charge < -0.3 is 15.3 Å². The van der Waals surface area contributed by atoms with Crippen LogP contribution in [-0.4, -0.2) is 47.3 Å². The van der Waals surface area contributed by atoms with Gasteiger partial charge >= 0.3 is 0 Å². The summed E-state index contributed by atoms with van der Waals surface area (Å²) in [6, 6.07) is 0.932. The Bertz CT molecular complexity index is 249. The third-order valence-corrected chi connectivity index (χ3v) is 4.83. The zero-order valence-electron chi connectivity index (χ0n) is 12.1. The molecule has 0 aromatic heterocycles. The predicted octanol–water partition coefficient (Wildman–Crippen LogP) is 2.14. The Kier molecular flexibility index (Phi) is 5.05. The molecule has 3 nitrogen and oxygen atoms in total. The maximum absolute atomic E-state index is 11.0. The predicted molar refractivity (Wildman–Crippen MR) is 75.8 cm³/mol. The summed E-state index contributed by atoms with van der Waals surface area (Å²) in [5, 5.41) is 14.6. The van der Waals surface area contributed by atoms with Crippen molar-refractivity contribution in [2.45, 2.75) is 76.5 Å². The third kappa shape index (κ3) is 3.46. The van der Waals surface area contributed by atoms with Crippen molar-refractivity contribution in [2.75, 3.05) is 19.6 Å². The topological polar surface area (TPSA) is 35.5 Å². The number of aliphatic hydroxyl groups is 1. The molecule has 2 unspecified atom stereocenters. The molecule has 2 rings (SSSR count). The van der Waals surface area contributed by atoms with E-state index in [2.05, 4.69) is 24.1 Å². The summed E-state index contributed by atoms with van der Waals surface area (Å²) in [5.74, 6) is 0. The fourth-order valence-electron chi connectivity index (χ4n) is 3.51. The highest BCUT2D eigenvalue weighted by Crippen LogP contribution is 2.30. The third-order valence-electron chi connectivity index (χ3n) is 4.83. The highest BCUT2D eigenvalue weighted by atomic mass is 16.3. The smallest absolute Gasteiger partial charge is 0.0812 e. The van der Waals surface area contributed by atoms with Crippen LogP contribution in [0.2, 0.25) is 0 Å². The molecular weight excluding hydrogens is 224 g/mol. The Morgan fingerprint density at radius 3 is 2.72 bits per heavy atom. The number of hydrogen-bond acceptors (Lipinski definition) is 3. The minimum absolute atomic E-state index is 0.326. The summed E-state index contributed by atoms with van der Waals surface area (Å²) >= 11 is 0. The molecule has 0 saturated carbocycles. The van der Waals surface area contributed by atoms with Crippen LogP contribution >= 0.6 is 0 Å². The zero-order valence-corrected chi connectivity index (χ0v) is 12.1. The van der Waals surface area contributed by atoms with Gasteiger partial charge in [0.25, 0.3) is 0 Å². The molecule has 0 spiro atoms. The van der Waals surface area contributed by atoms with Crippen LogP contribution in [0.15, 0.2) is 0 Å². The molecule has 0 radical (unpaired) electrons. The summed E-state index contributed by atoms with van der Waals surface area (Å²) in [5.41, 5.74) is -0.464. The maximum Gasteiger partial charge on any atom is 0.0812 e. The highest BCUT2D eigenvalue weighted by Gasteiger charge is 2.38. The molecule has 18 heavy (non-hydrogen) atoms. The van der Waals surface area contributed by atoms with Crippen LogP contribution in [-0.2, 0) is 0 Å². The van der Waals surface area contributed by atoms with Crippen molar-refractivity contribution < 1.29 is 5.11 Å². The molecule has 0 amide bonds. The number of rotatable bonds is 2. The number of likely N-dealkylation sites (tertiary alicyclic amines) is 1. The zero-order chi connectivity index (χ0) is 13.0. The molecule has 2 saturated heterocycles. The lowest BCUT2D eigenvalue weighted by molar-refractivity contribution is -0.0135. The monoisotopic (exact) mass is 254 g/mol. The molecule has 106 valence electrons. The minimum Gasteiger partial charge on any atom is -0.388 e. The van der Waals surface area contributed by atoms with Crippen LogP contribution in [0.25, 0.3) is 0 Å². The minimum atomic E-state index is -0.464. The molecule has 0 aliphatic carbocycles. The van der Waals surface area contributed by atoms with E-state index in [1.807, 2.05) is 0 Å². The van der Waals surface area contributed by atoms with E-state index in [0.717, 1.165) is 45.3 Å². The van der Waals surface area contributed by atoms with E-state index in [9.17, 15) is 5.11 Å². The molecule has 2 atom stereocenters. The normalized spacial score (nSPS) is 36.3. The van der Waals surface area contributed by atoms with Crippen LogP contribution in [0.3, 0.4) is 0 Å². The van der Waals surface area contributed by atoms with Gasteiger partial charge in [0, 0.05) is 18.6 Å². The Morgan fingerprint density at radius 2 is 1.94 bits per heavy atom. The summed E-state index contributed by atoms with van der Waals surface area (Å²) in [6.45, 7) is 7.79. The van der Waals surface area contributed by atoms with Crippen molar-refractivity contribution in [3.05, 3.63) is 0 Å². The van der Waals surface area contributed by atoms with Gasteiger partial charge in [-0.3, -0.25) is 0 Å². The van der Waals surface area contributed by atoms with Gasteiger partial charge in [0.1, 0.15) is 0 Å². The van der Waals surface area contributed by atoms with E-state index in [0.29, 0.717) is 12.1 Å². The first-order valence-electron chi connectivity index (χ1n) is 7.82. The Hall–Kier alpha value is -0.120. The molecule has 0 aromatic rings. The fraction of sp³-hybridized carbons (Fsp3) is 1.00. The van der Waals surface area contributed by atoms with Crippen molar-refractivity contribution >= 4 is 0 Å². The second-order valence-corrected chi connectivity index (χ2v) is 6.44. The lowest BCUT2D eigenvalue weighted by atomic mass is 9.84. The molecule has 2 aliphatic rings. The highest BCUT2D eigenvalue weighted by molar-refractivity contribution is 4.95. The summed E-state index contributed by atoms with van der Waals surface area (Å²) in [7, 11) is 0. The molecular formula is C15H30N2O. The quantitative estimate of drug-likeness (QED) is 0.792. The molecule has 0 aromatic carbocycles. The van der Waals surface area contributed by atoms with Crippen LogP contribution in [0.1, 0.15) is 58.8 Å². The van der Waals surface area contributed by atoms with Crippen LogP contribution in [0.4, 0.5) is 0 Å². The van der Waals surface area contributed by atoms with Gasteiger partial charge in [-0.15, -0.1) is 0 Å². The van der Waals surface area contributed by atoms with Crippen molar-refractivity contribution in [3.63, 3.8) is 0 Å². The first-order valence-corrected chi connectivity index (χ1v) is 7.82. The average Bonchev–Trinajstić information content (AvgIpc) is 2.70. The van der Waals surface area contributed by atoms with E-state index in [1.54, 1.807) is 0 Å². The summed E-state index contributed by atoms with van der Waals surface area (Å²) < 4.78 is 0. The van der Waals surface area contributed by atoms with Crippen molar-refractivity contribution in [1.82, 2.24) is 10.2 Å². The lowest BCUT2D eigenvalue weighted by Gasteiger charge is -2.36. The summed E-state index contributed by atoms with van der Waals surface area (Å²) in [6.07, 6.45) is 8.04. The maximum atomic E-state index is 11.0. The van der Waals surface area contributed by atoms with Gasteiger partial charge in [0.2, 0.25) is 0 Å². The van der Waals surface area contributed by atoms with Gasteiger partial charge in [0.15, 0.2) is 0 Å². The Morgan fingerprint density at radius 1 is 1.11 bits per heavy atom. The summed E-state index contributed by atoms with van der Waals surface area (Å²) in [4.78, 5) is 2.51. The number of nitrogens with one attached hydrogen (secondary N) is 1. The average molecular weight is 254 g/mol. The van der Waals surface area contributed by atoms with Crippen molar-refractivity contribution in [1.29, 1.82) is 0 Å². The van der Waals surface area contributed by atoms with Crippen molar-refractivity contribution in [3.8, 4) is 0 Å². The molecule has 0 bridgehead atoms. The fourth-order valence-corrected chi connectivity index (χ4v) is 3.51. The van der Waals surface area contributed by atoms with E-state index in [1.165, 1.54) is 19.3 Å². The Labute approximate surface area is 112 Å². The van der Waals surface area contributed by atoms with Crippen molar-refractivity contribution in [2.24, 2.45) is 0 Å². The van der Waals surface area contributed by atoms with E-state index in [4.69, 9.17) is 0 Å². The molecule has 2 heterocycles. The molecule has 3 heteroatoms. The van der Waals surface area contributed by atoms with E-state index < -0.39 is 5.60 Å². The van der Waals surface area contributed by atoms with Crippen LogP contribution in [0.5, 0.6) is 0 Å². The van der Waals surface area contributed by atoms with Crippen LogP contribution < -0.4 is 5.32 Å². The van der Waals surface area contributed by atoms with Gasteiger partial charge in [-0.05, 0) is 59.0 Å². The van der Waals surface area contributed by atoms with Crippen LogP contribution in [0, 0.1) is 0 Å².